The Kier molecular flexibility index (Phi) is 7.37. The Morgan fingerprint density at radius 2 is 1.84 bits per heavy atom. The third-order valence-electron chi connectivity index (χ3n) is 4.28. The second-order valence-corrected chi connectivity index (χ2v) is 10.1. The van der Waals surface area contributed by atoms with Crippen LogP contribution in [0, 0.1) is 3.57 Å². The van der Waals surface area contributed by atoms with Crippen LogP contribution in [0.3, 0.4) is 0 Å². The van der Waals surface area contributed by atoms with E-state index in [0.29, 0.717) is 27.4 Å². The average molecular weight is 626 g/mol. The fourth-order valence-electron chi connectivity index (χ4n) is 2.71. The van der Waals surface area contributed by atoms with Gasteiger partial charge < -0.3 is 10.1 Å². The van der Waals surface area contributed by atoms with Crippen molar-refractivity contribution >= 4 is 84.7 Å². The molecule has 0 saturated carbocycles. The lowest BCUT2D eigenvalue weighted by molar-refractivity contribution is -0.115. The minimum atomic E-state index is -0.175. The zero-order chi connectivity index (χ0) is 21.8. The summed E-state index contributed by atoms with van der Waals surface area (Å²) in [5.74, 6) is 0.601. The molecular weight excluding hydrogens is 611 g/mol. The highest BCUT2D eigenvalue weighted by Gasteiger charge is 2.23. The van der Waals surface area contributed by atoms with Crippen LogP contribution in [0.25, 0.3) is 6.08 Å². The van der Waals surface area contributed by atoms with Crippen LogP contribution in [-0.4, -0.2) is 11.1 Å². The Bertz CT molecular complexity index is 1180. The molecule has 0 aliphatic carbocycles. The standard InChI is InChI=1S/C23H15BrClIN2O2S/c24-19-10-7-17(12-20(19)25)27-23-28-22(29)21(31-23)11-14-3-8-18(9-4-14)30-13-15-1-5-16(26)6-2-15/h1-12H,13H2,(H,27,28,29)/b21-11-. The first-order valence-corrected chi connectivity index (χ1v) is 12.2. The number of rotatable bonds is 5. The van der Waals surface area contributed by atoms with Crippen molar-refractivity contribution in [3.63, 3.8) is 0 Å². The molecular formula is C23H15BrClIN2O2S. The molecule has 0 atom stereocenters. The zero-order valence-corrected chi connectivity index (χ0v) is 21.3. The van der Waals surface area contributed by atoms with E-state index in [1.807, 2.05) is 42.5 Å². The molecule has 8 heteroatoms. The number of carbonyl (C=O) groups excluding carboxylic acids is 1. The molecule has 0 radical (unpaired) electrons. The Hall–Kier alpha value is -1.81. The molecule has 1 aliphatic heterocycles. The van der Waals surface area contributed by atoms with Gasteiger partial charge in [-0.25, -0.2) is 4.99 Å². The van der Waals surface area contributed by atoms with Crippen molar-refractivity contribution in [2.24, 2.45) is 4.99 Å². The molecule has 4 rings (SSSR count). The van der Waals surface area contributed by atoms with Crippen LogP contribution in [0.15, 0.2) is 81.1 Å². The molecule has 1 heterocycles. The summed E-state index contributed by atoms with van der Waals surface area (Å²) in [5, 5.41) is 3.87. The maximum absolute atomic E-state index is 12.3. The summed E-state index contributed by atoms with van der Waals surface area (Å²) in [4.78, 5) is 17.3. The Morgan fingerprint density at radius 1 is 1.10 bits per heavy atom. The second kappa shape index (κ2) is 10.2. The van der Waals surface area contributed by atoms with E-state index in [0.717, 1.165) is 21.3 Å². The Morgan fingerprint density at radius 3 is 2.55 bits per heavy atom. The number of thioether (sulfide) groups is 1. The van der Waals surface area contributed by atoms with Crippen LogP contribution in [-0.2, 0) is 11.4 Å². The van der Waals surface area contributed by atoms with Crippen LogP contribution in [0.2, 0.25) is 5.02 Å². The Balaban J connectivity index is 1.41. The summed E-state index contributed by atoms with van der Waals surface area (Å²) in [7, 11) is 0. The first-order valence-electron chi connectivity index (χ1n) is 9.18. The molecule has 1 saturated heterocycles. The van der Waals surface area contributed by atoms with Gasteiger partial charge in [-0.3, -0.25) is 4.79 Å². The monoisotopic (exact) mass is 624 g/mol. The van der Waals surface area contributed by atoms with E-state index in [2.05, 4.69) is 73.1 Å². The predicted molar refractivity (Wildman–Crippen MR) is 140 cm³/mol. The lowest BCUT2D eigenvalue weighted by Gasteiger charge is -2.07. The normalized spacial score (nSPS) is 16.0. The fraction of sp³-hybridized carbons (Fsp3) is 0.0435. The number of aliphatic imine (C=N–C) groups is 1. The van der Waals surface area contributed by atoms with Gasteiger partial charge in [0.05, 0.1) is 15.6 Å². The number of hydrogen-bond acceptors (Lipinski definition) is 4. The highest BCUT2D eigenvalue weighted by Crippen LogP contribution is 2.31. The van der Waals surface area contributed by atoms with Gasteiger partial charge in [0.15, 0.2) is 5.17 Å². The molecule has 0 aromatic heterocycles. The number of amidine groups is 1. The quantitative estimate of drug-likeness (QED) is 0.242. The van der Waals surface area contributed by atoms with Gasteiger partial charge in [-0.05, 0) is 110 Å². The van der Waals surface area contributed by atoms with Gasteiger partial charge in [0.2, 0.25) is 0 Å². The molecule has 1 N–H and O–H groups in total. The van der Waals surface area contributed by atoms with Crippen LogP contribution in [0.1, 0.15) is 11.1 Å². The van der Waals surface area contributed by atoms with Crippen LogP contribution < -0.4 is 10.1 Å². The molecule has 1 amide bonds. The summed E-state index contributed by atoms with van der Waals surface area (Å²) in [5.41, 5.74) is 2.70. The minimum absolute atomic E-state index is 0.175. The molecule has 3 aromatic carbocycles. The van der Waals surface area contributed by atoms with E-state index in [1.165, 1.54) is 15.3 Å². The molecule has 31 heavy (non-hydrogen) atoms. The van der Waals surface area contributed by atoms with Crippen molar-refractivity contribution in [3.05, 3.63) is 95.8 Å². The maximum Gasteiger partial charge on any atom is 0.264 e. The van der Waals surface area contributed by atoms with E-state index in [4.69, 9.17) is 16.3 Å². The third kappa shape index (κ3) is 6.12. The van der Waals surface area contributed by atoms with Gasteiger partial charge in [-0.2, -0.15) is 0 Å². The second-order valence-electron chi connectivity index (χ2n) is 6.56. The summed E-state index contributed by atoms with van der Waals surface area (Å²) in [6.07, 6.45) is 1.83. The van der Waals surface area contributed by atoms with E-state index in [1.54, 1.807) is 6.07 Å². The molecule has 0 unspecified atom stereocenters. The first-order chi connectivity index (χ1) is 15.0. The topological polar surface area (TPSA) is 50.7 Å². The van der Waals surface area contributed by atoms with Gasteiger partial charge in [-0.1, -0.05) is 35.9 Å². The van der Waals surface area contributed by atoms with Crippen LogP contribution in [0.4, 0.5) is 5.69 Å². The van der Waals surface area contributed by atoms with Gasteiger partial charge in [0, 0.05) is 8.04 Å². The van der Waals surface area contributed by atoms with Crippen LogP contribution >= 0.6 is 61.9 Å². The molecule has 0 bridgehead atoms. The van der Waals surface area contributed by atoms with Gasteiger partial charge in [0.25, 0.3) is 5.91 Å². The Labute approximate surface area is 211 Å². The number of benzene rings is 3. The number of halogens is 3. The average Bonchev–Trinajstić information content (AvgIpc) is 3.10. The number of carbonyl (C=O) groups is 1. The molecule has 4 nitrogen and oxygen atoms in total. The summed E-state index contributed by atoms with van der Waals surface area (Å²) in [6, 6.07) is 21.3. The van der Waals surface area contributed by atoms with Crippen molar-refractivity contribution in [1.82, 2.24) is 5.32 Å². The SMILES string of the molecule is O=C1NC(=Nc2ccc(Br)c(Cl)c2)S/C1=C\c1ccc(OCc2ccc(I)cc2)cc1. The van der Waals surface area contributed by atoms with Gasteiger partial charge >= 0.3 is 0 Å². The van der Waals surface area contributed by atoms with Crippen molar-refractivity contribution in [2.75, 3.05) is 0 Å². The first kappa shape index (κ1) is 22.4. The van der Waals surface area contributed by atoms with Crippen LogP contribution in [0.5, 0.6) is 5.75 Å². The smallest absolute Gasteiger partial charge is 0.264 e. The number of amides is 1. The van der Waals surface area contributed by atoms with Crippen molar-refractivity contribution in [3.8, 4) is 5.75 Å². The number of hydrogen-bond donors (Lipinski definition) is 1. The van der Waals surface area contributed by atoms with Gasteiger partial charge in [-0.15, -0.1) is 0 Å². The van der Waals surface area contributed by atoms with Crippen molar-refractivity contribution in [1.29, 1.82) is 0 Å². The molecule has 156 valence electrons. The molecule has 3 aromatic rings. The minimum Gasteiger partial charge on any atom is -0.489 e. The number of nitrogens with one attached hydrogen (secondary N) is 1. The van der Waals surface area contributed by atoms with E-state index in [-0.39, 0.29) is 5.91 Å². The summed E-state index contributed by atoms with van der Waals surface area (Å²) < 4.78 is 7.83. The highest BCUT2D eigenvalue weighted by molar-refractivity contribution is 14.1. The zero-order valence-electron chi connectivity index (χ0n) is 15.9. The van der Waals surface area contributed by atoms with E-state index >= 15 is 0 Å². The summed E-state index contributed by atoms with van der Waals surface area (Å²) in [6.45, 7) is 0.509. The highest BCUT2D eigenvalue weighted by atomic mass is 127. The molecule has 1 fully saturated rings. The van der Waals surface area contributed by atoms with Gasteiger partial charge in [0.1, 0.15) is 12.4 Å². The van der Waals surface area contributed by atoms with E-state index < -0.39 is 0 Å². The third-order valence-corrected chi connectivity index (χ3v) is 7.14. The molecule has 0 spiro atoms. The van der Waals surface area contributed by atoms with E-state index in [9.17, 15) is 4.79 Å². The van der Waals surface area contributed by atoms with Crippen molar-refractivity contribution < 1.29 is 9.53 Å². The molecule has 1 aliphatic rings. The van der Waals surface area contributed by atoms with Crippen molar-refractivity contribution in [2.45, 2.75) is 6.61 Å². The lowest BCUT2D eigenvalue weighted by atomic mass is 10.2. The fourth-order valence-corrected chi connectivity index (χ4v) is 4.33. The summed E-state index contributed by atoms with van der Waals surface area (Å²) >= 11 is 13.0. The predicted octanol–water partition coefficient (Wildman–Crippen LogP) is 7.18. The lowest BCUT2D eigenvalue weighted by Crippen LogP contribution is -2.19. The number of ether oxygens (including phenoxy) is 1. The maximum atomic E-state index is 12.3. The largest absolute Gasteiger partial charge is 0.489 e. The number of nitrogens with zero attached hydrogens (tertiary/aromatic N) is 1.